The highest BCUT2D eigenvalue weighted by Crippen LogP contribution is 2.50. The molecular formula is C24H20F3N3O2. The molecule has 1 aliphatic rings. The second kappa shape index (κ2) is 7.19. The number of ether oxygens (including phenoxy) is 2. The fourth-order valence-corrected chi connectivity index (χ4v) is 4.36. The van der Waals surface area contributed by atoms with Crippen LogP contribution in [-0.2, 0) is 12.1 Å². The van der Waals surface area contributed by atoms with E-state index in [1.54, 1.807) is 66.7 Å². The number of nitrogens with zero attached hydrogens (tertiary/aromatic N) is 2. The van der Waals surface area contributed by atoms with Gasteiger partial charge in [-0.15, -0.1) is 0 Å². The molecule has 4 aromatic rings. The van der Waals surface area contributed by atoms with Crippen molar-refractivity contribution in [3.05, 3.63) is 72.3 Å². The van der Waals surface area contributed by atoms with Crippen molar-refractivity contribution < 1.29 is 22.6 Å². The summed E-state index contributed by atoms with van der Waals surface area (Å²) in [6, 6.07) is 18.7. The highest BCUT2D eigenvalue weighted by Gasteiger charge is 2.60. The van der Waals surface area contributed by atoms with Crippen LogP contribution in [0.4, 0.5) is 18.9 Å². The summed E-state index contributed by atoms with van der Waals surface area (Å²) in [6.07, 6.45) is -5.04. The smallest absolute Gasteiger partial charge is 0.432 e. The van der Waals surface area contributed by atoms with Crippen molar-refractivity contribution in [3.8, 4) is 22.8 Å². The Morgan fingerprint density at radius 1 is 0.938 bits per heavy atom. The molecule has 0 spiro atoms. The lowest BCUT2D eigenvalue weighted by atomic mass is 9.87. The molecule has 8 heteroatoms. The number of nitrogens with one attached hydrogen (secondary N) is 1. The lowest BCUT2D eigenvalue weighted by molar-refractivity contribution is -0.208. The van der Waals surface area contributed by atoms with E-state index in [9.17, 15) is 13.2 Å². The zero-order valence-corrected chi connectivity index (χ0v) is 17.4. The average molecular weight is 439 g/mol. The van der Waals surface area contributed by atoms with Gasteiger partial charge < -0.3 is 14.8 Å². The fraction of sp³-hybridized carbons (Fsp3) is 0.208. The molecule has 1 aliphatic heterocycles. The Morgan fingerprint density at radius 2 is 1.59 bits per heavy atom. The minimum Gasteiger partial charge on any atom is -0.493 e. The van der Waals surface area contributed by atoms with E-state index in [0.717, 1.165) is 4.68 Å². The van der Waals surface area contributed by atoms with Gasteiger partial charge in [0.2, 0.25) is 5.66 Å². The molecule has 1 aromatic heterocycles. The van der Waals surface area contributed by atoms with Gasteiger partial charge in [0.15, 0.2) is 11.5 Å². The van der Waals surface area contributed by atoms with E-state index in [-0.39, 0.29) is 6.42 Å². The molecule has 0 bridgehead atoms. The minimum absolute atomic E-state index is 0.347. The molecule has 3 aromatic carbocycles. The molecule has 2 heterocycles. The first-order chi connectivity index (χ1) is 15.4. The van der Waals surface area contributed by atoms with Gasteiger partial charge in [0.1, 0.15) is 0 Å². The third-order valence-electron chi connectivity index (χ3n) is 5.84. The minimum atomic E-state index is -4.66. The summed E-state index contributed by atoms with van der Waals surface area (Å²) in [5.74, 6) is 0.818. The Morgan fingerprint density at radius 3 is 2.28 bits per heavy atom. The van der Waals surface area contributed by atoms with Crippen LogP contribution in [0.25, 0.3) is 22.2 Å². The summed E-state index contributed by atoms with van der Waals surface area (Å²) < 4.78 is 56.7. The van der Waals surface area contributed by atoms with Crippen LogP contribution in [0.3, 0.4) is 0 Å². The molecule has 5 nitrogen and oxygen atoms in total. The lowest BCUT2D eigenvalue weighted by Crippen LogP contribution is -2.57. The van der Waals surface area contributed by atoms with Gasteiger partial charge in [0, 0.05) is 23.1 Å². The van der Waals surface area contributed by atoms with Crippen LogP contribution >= 0.6 is 0 Å². The van der Waals surface area contributed by atoms with Crippen molar-refractivity contribution in [2.75, 3.05) is 19.5 Å². The van der Waals surface area contributed by atoms with Crippen LogP contribution in [0.1, 0.15) is 5.56 Å². The first kappa shape index (κ1) is 20.2. The van der Waals surface area contributed by atoms with E-state index >= 15 is 0 Å². The van der Waals surface area contributed by atoms with Crippen LogP contribution < -0.4 is 14.8 Å². The highest BCUT2D eigenvalue weighted by atomic mass is 19.4. The molecule has 1 N–H and O–H groups in total. The summed E-state index contributed by atoms with van der Waals surface area (Å²) in [4.78, 5) is 0. The van der Waals surface area contributed by atoms with E-state index < -0.39 is 11.8 Å². The predicted molar refractivity (Wildman–Crippen MR) is 116 cm³/mol. The standard InChI is InChI=1S/C24H20F3N3O2/c1-31-20-12-15-14-23(24(25,26)27,28-16-8-4-3-5-9-16)30-22(18(15)13-21(20)32-2)17-10-6-7-11-19(17)29-30/h3-13,28H,14H2,1-2H3. The van der Waals surface area contributed by atoms with E-state index in [0.29, 0.717) is 44.9 Å². The average Bonchev–Trinajstić information content (AvgIpc) is 3.18. The second-order valence-corrected chi connectivity index (χ2v) is 7.67. The Hall–Kier alpha value is -3.68. The molecule has 0 fully saturated rings. The third-order valence-corrected chi connectivity index (χ3v) is 5.84. The third kappa shape index (κ3) is 2.90. The number of para-hydroxylation sites is 1. The highest BCUT2D eigenvalue weighted by molar-refractivity contribution is 5.95. The first-order valence-corrected chi connectivity index (χ1v) is 10.0. The zero-order chi connectivity index (χ0) is 22.5. The number of hydrogen-bond donors (Lipinski definition) is 1. The number of hydrogen-bond acceptors (Lipinski definition) is 4. The maximum absolute atomic E-state index is 14.9. The Labute approximate surface area is 182 Å². The maximum atomic E-state index is 14.9. The van der Waals surface area contributed by atoms with Gasteiger partial charge >= 0.3 is 6.18 Å². The normalized spacial score (nSPS) is 17.5. The molecule has 1 atom stereocenters. The summed E-state index contributed by atoms with van der Waals surface area (Å²) in [5, 5.41) is 7.82. The van der Waals surface area contributed by atoms with Crippen molar-refractivity contribution >= 4 is 16.6 Å². The molecule has 5 rings (SSSR count). The number of methoxy groups -OCH3 is 2. The van der Waals surface area contributed by atoms with Gasteiger partial charge in [-0.2, -0.15) is 18.3 Å². The summed E-state index contributed by atoms with van der Waals surface area (Å²) in [6.45, 7) is 0. The van der Waals surface area contributed by atoms with E-state index in [1.807, 2.05) is 0 Å². The molecule has 1 unspecified atom stereocenters. The van der Waals surface area contributed by atoms with Gasteiger partial charge in [0.05, 0.1) is 25.4 Å². The quantitative estimate of drug-likeness (QED) is 0.450. The zero-order valence-electron chi connectivity index (χ0n) is 17.4. The molecule has 0 amide bonds. The molecule has 32 heavy (non-hydrogen) atoms. The fourth-order valence-electron chi connectivity index (χ4n) is 4.36. The van der Waals surface area contributed by atoms with Crippen molar-refractivity contribution in [1.29, 1.82) is 0 Å². The molecule has 164 valence electrons. The van der Waals surface area contributed by atoms with Gasteiger partial charge in [-0.05, 0) is 35.9 Å². The van der Waals surface area contributed by atoms with Gasteiger partial charge in [-0.3, -0.25) is 0 Å². The first-order valence-electron chi connectivity index (χ1n) is 10.0. The number of anilines is 1. The molecule has 0 radical (unpaired) electrons. The predicted octanol–water partition coefficient (Wildman–Crippen LogP) is 5.60. The number of benzene rings is 3. The van der Waals surface area contributed by atoms with Crippen LogP contribution in [0.15, 0.2) is 66.7 Å². The number of alkyl halides is 3. The van der Waals surface area contributed by atoms with Gasteiger partial charge in [-0.1, -0.05) is 36.4 Å². The SMILES string of the molecule is COc1cc2c(cc1OC)-c1c3ccccc3nn1C(Nc1ccccc1)(C(F)(F)F)C2. The number of halogens is 3. The van der Waals surface area contributed by atoms with E-state index in [2.05, 4.69) is 10.4 Å². The van der Waals surface area contributed by atoms with Gasteiger partial charge in [0.25, 0.3) is 0 Å². The molecule has 0 saturated carbocycles. The van der Waals surface area contributed by atoms with Crippen LogP contribution in [0.5, 0.6) is 11.5 Å². The van der Waals surface area contributed by atoms with Crippen LogP contribution in [0, 0.1) is 0 Å². The summed E-state index contributed by atoms with van der Waals surface area (Å²) >= 11 is 0. The molecular weight excluding hydrogens is 419 g/mol. The Kier molecular flexibility index (Phi) is 4.54. The number of rotatable bonds is 4. The number of aromatic nitrogens is 2. The van der Waals surface area contributed by atoms with Gasteiger partial charge in [-0.25, -0.2) is 4.68 Å². The van der Waals surface area contributed by atoms with E-state index in [4.69, 9.17) is 9.47 Å². The van der Waals surface area contributed by atoms with Crippen molar-refractivity contribution in [2.24, 2.45) is 0 Å². The molecule has 0 aliphatic carbocycles. The van der Waals surface area contributed by atoms with Crippen molar-refractivity contribution in [1.82, 2.24) is 9.78 Å². The topological polar surface area (TPSA) is 48.3 Å². The van der Waals surface area contributed by atoms with Crippen LogP contribution in [0.2, 0.25) is 0 Å². The van der Waals surface area contributed by atoms with E-state index in [1.165, 1.54) is 14.2 Å². The Balaban J connectivity index is 1.85. The summed E-state index contributed by atoms with van der Waals surface area (Å²) in [5.41, 5.74) is -0.168. The number of fused-ring (bicyclic) bond motifs is 5. The maximum Gasteiger partial charge on any atom is 0.432 e. The second-order valence-electron chi connectivity index (χ2n) is 7.67. The summed E-state index contributed by atoms with van der Waals surface area (Å²) in [7, 11) is 2.96. The largest absolute Gasteiger partial charge is 0.493 e. The monoisotopic (exact) mass is 439 g/mol. The Bertz CT molecular complexity index is 1300. The van der Waals surface area contributed by atoms with Crippen LogP contribution in [-0.4, -0.2) is 30.2 Å². The lowest BCUT2D eigenvalue weighted by Gasteiger charge is -2.42. The van der Waals surface area contributed by atoms with Crippen molar-refractivity contribution in [2.45, 2.75) is 18.3 Å². The molecule has 0 saturated heterocycles. The van der Waals surface area contributed by atoms with Crippen molar-refractivity contribution in [3.63, 3.8) is 0 Å².